The van der Waals surface area contributed by atoms with Crippen molar-refractivity contribution in [2.24, 2.45) is 23.2 Å². The molecule has 0 aliphatic heterocycles. The fourth-order valence-corrected chi connectivity index (χ4v) is 3.41. The molecule has 0 radical (unpaired) electrons. The summed E-state index contributed by atoms with van der Waals surface area (Å²) < 4.78 is 0. The van der Waals surface area contributed by atoms with E-state index in [9.17, 15) is 5.11 Å². The van der Waals surface area contributed by atoms with E-state index in [-0.39, 0.29) is 6.10 Å². The molecule has 2 aliphatic rings. The topological polar surface area (TPSA) is 20.2 Å². The molecule has 64 valence electrons. The van der Waals surface area contributed by atoms with Crippen LogP contribution in [0.3, 0.4) is 0 Å². The van der Waals surface area contributed by atoms with Crippen molar-refractivity contribution in [3.8, 4) is 0 Å². The molecule has 2 unspecified atom stereocenters. The lowest BCUT2D eigenvalue weighted by Gasteiger charge is -2.36. The lowest BCUT2D eigenvalue weighted by molar-refractivity contribution is 0.0194. The molecular formula is C10H18O. The van der Waals surface area contributed by atoms with Crippen LogP contribution in [-0.4, -0.2) is 11.2 Å². The number of aliphatic hydroxyl groups is 1. The van der Waals surface area contributed by atoms with Gasteiger partial charge in [-0.05, 0) is 36.0 Å². The molecule has 0 aromatic carbocycles. The van der Waals surface area contributed by atoms with Crippen LogP contribution in [0.5, 0.6) is 0 Å². The van der Waals surface area contributed by atoms with Gasteiger partial charge in [0, 0.05) is 0 Å². The monoisotopic (exact) mass is 154 g/mol. The Balaban J connectivity index is 2.23. The van der Waals surface area contributed by atoms with Gasteiger partial charge in [0.2, 0.25) is 0 Å². The minimum atomic E-state index is 0.00743. The van der Waals surface area contributed by atoms with Crippen LogP contribution in [0.25, 0.3) is 0 Å². The predicted molar refractivity (Wildman–Crippen MR) is 45.2 cm³/mol. The van der Waals surface area contributed by atoms with Crippen LogP contribution in [-0.2, 0) is 0 Å². The van der Waals surface area contributed by atoms with Crippen molar-refractivity contribution in [2.45, 2.75) is 39.7 Å². The first-order valence-corrected chi connectivity index (χ1v) is 4.70. The van der Waals surface area contributed by atoms with E-state index < -0.39 is 0 Å². The average molecular weight is 154 g/mol. The minimum Gasteiger partial charge on any atom is -0.393 e. The van der Waals surface area contributed by atoms with Crippen molar-refractivity contribution >= 4 is 0 Å². The maximum atomic E-state index is 9.72. The Labute approximate surface area is 68.8 Å². The van der Waals surface area contributed by atoms with Gasteiger partial charge < -0.3 is 5.11 Å². The number of hydrogen-bond donors (Lipinski definition) is 1. The third kappa shape index (κ3) is 0.868. The van der Waals surface area contributed by atoms with E-state index in [0.717, 1.165) is 5.92 Å². The molecule has 0 aromatic rings. The van der Waals surface area contributed by atoms with Crippen molar-refractivity contribution in [3.05, 3.63) is 0 Å². The average Bonchev–Trinajstić information content (AvgIpc) is 2.31. The molecule has 0 saturated heterocycles. The Bertz CT molecular complexity index is 172. The molecule has 0 amide bonds. The van der Waals surface area contributed by atoms with Crippen LogP contribution in [0.4, 0.5) is 0 Å². The summed E-state index contributed by atoms with van der Waals surface area (Å²) in [6, 6.07) is 0. The third-order valence-electron chi connectivity index (χ3n) is 4.01. The van der Waals surface area contributed by atoms with E-state index in [1.165, 1.54) is 12.8 Å². The molecule has 1 N–H and O–H groups in total. The fraction of sp³-hybridized carbons (Fsp3) is 1.00. The zero-order chi connectivity index (χ0) is 8.22. The molecule has 2 rings (SSSR count). The second kappa shape index (κ2) is 2.01. The van der Waals surface area contributed by atoms with Gasteiger partial charge in [0.15, 0.2) is 0 Å². The zero-order valence-corrected chi connectivity index (χ0v) is 7.67. The number of aliphatic hydroxyl groups excluding tert-OH is 1. The Kier molecular flexibility index (Phi) is 1.39. The molecule has 2 saturated carbocycles. The maximum absolute atomic E-state index is 9.72. The molecule has 0 aromatic heterocycles. The van der Waals surface area contributed by atoms with Crippen molar-refractivity contribution < 1.29 is 5.11 Å². The molecule has 2 aliphatic carbocycles. The summed E-state index contributed by atoms with van der Waals surface area (Å²) in [4.78, 5) is 0. The lowest BCUT2D eigenvalue weighted by Crippen LogP contribution is -2.34. The first-order chi connectivity index (χ1) is 5.02. The van der Waals surface area contributed by atoms with Crippen LogP contribution in [0.1, 0.15) is 33.6 Å². The third-order valence-corrected chi connectivity index (χ3v) is 4.01. The molecular weight excluding hydrogens is 136 g/mol. The molecule has 2 bridgehead atoms. The Morgan fingerprint density at radius 3 is 2.36 bits per heavy atom. The van der Waals surface area contributed by atoms with Gasteiger partial charge in [-0.2, -0.15) is 0 Å². The summed E-state index contributed by atoms with van der Waals surface area (Å²) in [5.74, 6) is 1.94. The van der Waals surface area contributed by atoms with E-state index in [0.29, 0.717) is 17.3 Å². The SMILES string of the molecule is C[C@H]1C2CC(CC2(C)C)[C@@H]1O. The molecule has 1 nitrogen and oxygen atoms in total. The van der Waals surface area contributed by atoms with Crippen LogP contribution in [0, 0.1) is 23.2 Å². The van der Waals surface area contributed by atoms with Crippen LogP contribution >= 0.6 is 0 Å². The zero-order valence-electron chi connectivity index (χ0n) is 7.67. The molecule has 0 heterocycles. The molecule has 0 spiro atoms. The Morgan fingerprint density at radius 1 is 1.36 bits per heavy atom. The highest BCUT2D eigenvalue weighted by molar-refractivity contribution is 5.03. The molecule has 11 heavy (non-hydrogen) atoms. The van der Waals surface area contributed by atoms with Gasteiger partial charge in [0.1, 0.15) is 0 Å². The number of rotatable bonds is 0. The van der Waals surface area contributed by atoms with Gasteiger partial charge in [-0.25, -0.2) is 0 Å². The molecule has 4 atom stereocenters. The number of fused-ring (bicyclic) bond motifs is 2. The summed E-state index contributed by atoms with van der Waals surface area (Å²) in [6.07, 6.45) is 2.52. The minimum absolute atomic E-state index is 0.00743. The van der Waals surface area contributed by atoms with E-state index in [1.807, 2.05) is 0 Å². The molecule has 1 heteroatoms. The predicted octanol–water partition coefficient (Wildman–Crippen LogP) is 2.05. The van der Waals surface area contributed by atoms with E-state index in [1.54, 1.807) is 0 Å². The summed E-state index contributed by atoms with van der Waals surface area (Å²) in [5.41, 5.74) is 0.503. The van der Waals surface area contributed by atoms with E-state index >= 15 is 0 Å². The highest BCUT2D eigenvalue weighted by atomic mass is 16.3. The van der Waals surface area contributed by atoms with Crippen LogP contribution < -0.4 is 0 Å². The van der Waals surface area contributed by atoms with Gasteiger partial charge >= 0.3 is 0 Å². The van der Waals surface area contributed by atoms with Crippen molar-refractivity contribution in [1.29, 1.82) is 0 Å². The maximum Gasteiger partial charge on any atom is 0.0597 e. The second-order valence-corrected chi connectivity index (χ2v) is 5.14. The van der Waals surface area contributed by atoms with Crippen molar-refractivity contribution in [3.63, 3.8) is 0 Å². The number of hydrogen-bond acceptors (Lipinski definition) is 1. The Hall–Kier alpha value is -0.0400. The second-order valence-electron chi connectivity index (χ2n) is 5.14. The van der Waals surface area contributed by atoms with E-state index in [2.05, 4.69) is 20.8 Å². The van der Waals surface area contributed by atoms with Crippen molar-refractivity contribution in [2.75, 3.05) is 0 Å². The lowest BCUT2D eigenvalue weighted by atomic mass is 9.71. The van der Waals surface area contributed by atoms with Gasteiger partial charge in [-0.3, -0.25) is 0 Å². The van der Waals surface area contributed by atoms with Gasteiger partial charge in [-0.1, -0.05) is 20.8 Å². The smallest absolute Gasteiger partial charge is 0.0597 e. The molecule has 2 fully saturated rings. The highest BCUT2D eigenvalue weighted by Gasteiger charge is 2.53. The van der Waals surface area contributed by atoms with Gasteiger partial charge in [-0.15, -0.1) is 0 Å². The van der Waals surface area contributed by atoms with Crippen LogP contribution in [0.2, 0.25) is 0 Å². The highest BCUT2D eigenvalue weighted by Crippen LogP contribution is 2.57. The summed E-state index contributed by atoms with van der Waals surface area (Å²) in [6.45, 7) is 6.90. The fourth-order valence-electron chi connectivity index (χ4n) is 3.41. The summed E-state index contributed by atoms with van der Waals surface area (Å²) in [5, 5.41) is 9.72. The first kappa shape index (κ1) is 7.60. The van der Waals surface area contributed by atoms with Crippen molar-refractivity contribution in [1.82, 2.24) is 0 Å². The van der Waals surface area contributed by atoms with Gasteiger partial charge in [0.05, 0.1) is 6.10 Å². The largest absolute Gasteiger partial charge is 0.393 e. The Morgan fingerprint density at radius 2 is 2.00 bits per heavy atom. The first-order valence-electron chi connectivity index (χ1n) is 4.70. The van der Waals surface area contributed by atoms with E-state index in [4.69, 9.17) is 0 Å². The summed E-state index contributed by atoms with van der Waals surface area (Å²) >= 11 is 0. The normalized spacial score (nSPS) is 53.5. The summed E-state index contributed by atoms with van der Waals surface area (Å²) in [7, 11) is 0. The standard InChI is InChI=1S/C10H18O/c1-6-8-4-7(9(6)11)5-10(8,2)3/h6-9,11H,4-5H2,1-3H3/t6-,7?,8?,9+/m0/s1. The van der Waals surface area contributed by atoms with Gasteiger partial charge in [0.25, 0.3) is 0 Å². The van der Waals surface area contributed by atoms with Crippen LogP contribution in [0.15, 0.2) is 0 Å². The quantitative estimate of drug-likeness (QED) is 0.566.